The molecule has 4 atom stereocenters. The van der Waals surface area contributed by atoms with Crippen LogP contribution in [0.15, 0.2) is 0 Å². The predicted octanol–water partition coefficient (Wildman–Crippen LogP) is 0.00870. The predicted molar refractivity (Wildman–Crippen MR) is 86.8 cm³/mol. The van der Waals surface area contributed by atoms with Crippen molar-refractivity contribution in [3.05, 3.63) is 0 Å². The molecule has 0 heterocycles. The number of aliphatic carboxylic acids is 1. The van der Waals surface area contributed by atoms with Crippen molar-refractivity contribution in [1.29, 1.82) is 0 Å². The molecule has 10 nitrogen and oxygen atoms in total. The Balaban J connectivity index is 5.29. The van der Waals surface area contributed by atoms with Gasteiger partial charge in [-0.1, -0.05) is 33.1 Å². The Morgan fingerprint density at radius 3 is 2.12 bits per heavy atom. The fraction of sp³-hybridized carbons (Fsp3) is 0.929. The van der Waals surface area contributed by atoms with Crippen molar-refractivity contribution in [2.45, 2.75) is 69.9 Å². The van der Waals surface area contributed by atoms with Gasteiger partial charge in [0, 0.05) is 6.61 Å². The molecule has 0 aromatic carbocycles. The third kappa shape index (κ3) is 8.10. The number of carboxylic acid groups (broad SMARTS) is 1. The minimum atomic E-state index is -4.89. The fourth-order valence-electron chi connectivity index (χ4n) is 2.20. The van der Waals surface area contributed by atoms with Gasteiger partial charge in [-0.25, -0.2) is 9.36 Å². The minimum Gasteiger partial charge on any atom is -0.479 e. The molecule has 6 N–H and O–H groups in total. The summed E-state index contributed by atoms with van der Waals surface area (Å²) in [6.45, 7) is 2.72. The van der Waals surface area contributed by atoms with E-state index >= 15 is 0 Å². The molecule has 3 unspecified atom stereocenters. The zero-order valence-corrected chi connectivity index (χ0v) is 15.3. The summed E-state index contributed by atoms with van der Waals surface area (Å²) in [6.07, 6.45) is -3.83. The van der Waals surface area contributed by atoms with E-state index in [0.29, 0.717) is 19.3 Å². The number of ether oxygens (including phenoxy) is 1. The van der Waals surface area contributed by atoms with Gasteiger partial charge in [0.05, 0.1) is 6.61 Å². The highest BCUT2D eigenvalue weighted by molar-refractivity contribution is 7.46. The summed E-state index contributed by atoms with van der Waals surface area (Å²) in [5, 5.41) is 39.7. The third-order valence-electron chi connectivity index (χ3n) is 3.73. The molecule has 0 spiro atoms. The quantitative estimate of drug-likeness (QED) is 0.176. The van der Waals surface area contributed by atoms with E-state index in [1.165, 1.54) is 0 Å². The lowest BCUT2D eigenvalue weighted by atomic mass is 9.85. The maximum atomic E-state index is 11.8. The zero-order chi connectivity index (χ0) is 19.7. The Labute approximate surface area is 146 Å². The maximum Gasteiger partial charge on any atom is 0.469 e. The van der Waals surface area contributed by atoms with Crippen LogP contribution in [0.4, 0.5) is 0 Å². The van der Waals surface area contributed by atoms with Gasteiger partial charge in [0.1, 0.15) is 18.3 Å². The summed E-state index contributed by atoms with van der Waals surface area (Å²) in [4.78, 5) is 29.0. The highest BCUT2D eigenvalue weighted by atomic mass is 31.2. The number of unbranched alkanes of at least 4 members (excludes halogenated alkanes) is 2. The number of rotatable bonds is 14. The highest BCUT2D eigenvalue weighted by Gasteiger charge is 2.50. The van der Waals surface area contributed by atoms with Crippen molar-refractivity contribution < 1.29 is 48.8 Å². The average molecular weight is 388 g/mol. The Bertz CT molecular complexity index is 439. The molecule has 0 aliphatic rings. The summed E-state index contributed by atoms with van der Waals surface area (Å²) in [5.41, 5.74) is -2.15. The summed E-state index contributed by atoms with van der Waals surface area (Å²) in [6, 6.07) is 0. The number of phosphoric ester groups is 1. The second kappa shape index (κ2) is 11.2. The van der Waals surface area contributed by atoms with Crippen molar-refractivity contribution in [3.63, 3.8) is 0 Å². The standard InChI is InChI=1S/C14H29O10P/c1-3-5-7-14(13(18)19,23-8-6-4-2)12(17)11(16)10(15)9-24-25(20,21)22/h10-12,15-17H,3-9H2,1-2H3,(H,18,19)(H2,20,21,22)/t10?,11?,12?,14-/m1/s1. The van der Waals surface area contributed by atoms with Crippen LogP contribution >= 0.6 is 7.82 Å². The van der Waals surface area contributed by atoms with Crippen LogP contribution in [0.25, 0.3) is 0 Å². The van der Waals surface area contributed by atoms with E-state index < -0.39 is 44.3 Å². The second-order valence-corrected chi connectivity index (χ2v) is 7.03. The van der Waals surface area contributed by atoms with Crippen molar-refractivity contribution in [3.8, 4) is 0 Å². The van der Waals surface area contributed by atoms with Gasteiger partial charge in [0.15, 0.2) is 5.60 Å². The lowest BCUT2D eigenvalue weighted by molar-refractivity contribution is -0.207. The van der Waals surface area contributed by atoms with Gasteiger partial charge in [0.2, 0.25) is 0 Å². The molecular formula is C14H29O10P. The molecule has 0 rings (SSSR count). The van der Waals surface area contributed by atoms with Gasteiger partial charge < -0.3 is 34.9 Å². The van der Waals surface area contributed by atoms with Gasteiger partial charge in [-0.15, -0.1) is 0 Å². The molecule has 0 bridgehead atoms. The Morgan fingerprint density at radius 2 is 1.68 bits per heavy atom. The van der Waals surface area contributed by atoms with Crippen molar-refractivity contribution >= 4 is 13.8 Å². The number of carbonyl (C=O) groups is 1. The Hall–Kier alpha value is -0.580. The number of hydrogen-bond donors (Lipinski definition) is 6. The van der Waals surface area contributed by atoms with Crippen molar-refractivity contribution in [2.24, 2.45) is 0 Å². The van der Waals surface area contributed by atoms with Crippen molar-refractivity contribution in [2.75, 3.05) is 13.2 Å². The first-order valence-corrected chi connectivity index (χ1v) is 9.66. The molecule has 11 heteroatoms. The number of aliphatic hydroxyl groups excluding tert-OH is 3. The SMILES string of the molecule is CCCCO[C@@](CCCC)(C(=O)O)C(O)C(O)C(O)COP(=O)(O)O. The molecule has 0 saturated carbocycles. The second-order valence-electron chi connectivity index (χ2n) is 5.79. The average Bonchev–Trinajstić information content (AvgIpc) is 2.53. The van der Waals surface area contributed by atoms with Crippen LogP contribution in [0.1, 0.15) is 46.0 Å². The number of phosphoric acid groups is 1. The van der Waals surface area contributed by atoms with Crippen LogP contribution in [0, 0.1) is 0 Å². The summed E-state index contributed by atoms with van der Waals surface area (Å²) in [7, 11) is -4.89. The van der Waals surface area contributed by atoms with Crippen LogP contribution < -0.4 is 0 Å². The molecular weight excluding hydrogens is 359 g/mol. The first-order valence-electron chi connectivity index (χ1n) is 8.13. The van der Waals surface area contributed by atoms with Gasteiger partial charge in [-0.2, -0.15) is 0 Å². The van der Waals surface area contributed by atoms with Gasteiger partial charge in [0.25, 0.3) is 0 Å². The van der Waals surface area contributed by atoms with Crippen LogP contribution in [-0.4, -0.2) is 73.3 Å². The summed E-state index contributed by atoms with van der Waals surface area (Å²) < 4.78 is 20.1. The lowest BCUT2D eigenvalue weighted by Gasteiger charge is -2.37. The topological polar surface area (TPSA) is 174 Å². The van der Waals surface area contributed by atoms with E-state index in [1.54, 1.807) is 0 Å². The van der Waals surface area contributed by atoms with E-state index in [9.17, 15) is 29.8 Å². The van der Waals surface area contributed by atoms with Gasteiger partial charge in [-0.3, -0.25) is 4.52 Å². The smallest absolute Gasteiger partial charge is 0.469 e. The van der Waals surface area contributed by atoms with Gasteiger partial charge in [-0.05, 0) is 12.8 Å². The minimum absolute atomic E-state index is 0.0331. The number of hydrogen-bond acceptors (Lipinski definition) is 7. The number of carboxylic acids is 1. The van der Waals surface area contributed by atoms with Crippen LogP contribution in [0.2, 0.25) is 0 Å². The normalized spacial score (nSPS) is 18.4. The molecule has 0 amide bonds. The molecule has 0 aliphatic carbocycles. The van der Waals surface area contributed by atoms with E-state index in [4.69, 9.17) is 14.5 Å². The van der Waals surface area contributed by atoms with Crippen LogP contribution in [0.5, 0.6) is 0 Å². The molecule has 0 fully saturated rings. The number of aliphatic hydroxyl groups is 3. The zero-order valence-electron chi connectivity index (χ0n) is 14.4. The molecule has 0 aromatic rings. The first kappa shape index (κ1) is 24.4. The molecule has 0 aliphatic heterocycles. The molecule has 150 valence electrons. The van der Waals surface area contributed by atoms with E-state index in [2.05, 4.69) is 4.52 Å². The largest absolute Gasteiger partial charge is 0.479 e. The molecule has 0 saturated heterocycles. The first-order chi connectivity index (χ1) is 11.5. The molecule has 0 radical (unpaired) electrons. The van der Waals surface area contributed by atoms with Crippen LogP contribution in [-0.2, 0) is 18.6 Å². The third-order valence-corrected chi connectivity index (χ3v) is 4.22. The monoisotopic (exact) mass is 388 g/mol. The van der Waals surface area contributed by atoms with E-state index in [-0.39, 0.29) is 13.0 Å². The molecule has 25 heavy (non-hydrogen) atoms. The molecule has 0 aromatic heterocycles. The maximum absolute atomic E-state index is 11.8. The van der Waals surface area contributed by atoms with Crippen molar-refractivity contribution in [1.82, 2.24) is 0 Å². The Kier molecular flexibility index (Phi) is 10.9. The van der Waals surface area contributed by atoms with E-state index in [0.717, 1.165) is 6.42 Å². The summed E-state index contributed by atoms with van der Waals surface area (Å²) in [5.74, 6) is -1.49. The summed E-state index contributed by atoms with van der Waals surface area (Å²) >= 11 is 0. The lowest BCUT2D eigenvalue weighted by Crippen LogP contribution is -2.59. The highest BCUT2D eigenvalue weighted by Crippen LogP contribution is 2.36. The van der Waals surface area contributed by atoms with Gasteiger partial charge >= 0.3 is 13.8 Å². The van der Waals surface area contributed by atoms with Crippen LogP contribution in [0.3, 0.4) is 0 Å². The Morgan fingerprint density at radius 1 is 1.12 bits per heavy atom. The van der Waals surface area contributed by atoms with E-state index in [1.807, 2.05) is 13.8 Å². The fourth-order valence-corrected chi connectivity index (χ4v) is 2.54.